The molecule has 2 aromatic rings. The molecule has 120 valence electrons. The highest BCUT2D eigenvalue weighted by Crippen LogP contribution is 2.27. The average molecular weight is 335 g/mol. The maximum absolute atomic E-state index is 13.6. The van der Waals surface area contributed by atoms with Crippen LogP contribution >= 0.6 is 11.8 Å². The van der Waals surface area contributed by atoms with Crippen LogP contribution in [0.1, 0.15) is 24.2 Å². The Labute approximate surface area is 137 Å². The Morgan fingerprint density at radius 1 is 1.13 bits per heavy atom. The van der Waals surface area contributed by atoms with Crippen LogP contribution in [-0.2, 0) is 4.79 Å². The van der Waals surface area contributed by atoms with Crippen LogP contribution in [0.15, 0.2) is 47.4 Å². The molecule has 1 N–H and O–H groups in total. The molecule has 0 aliphatic rings. The quantitative estimate of drug-likeness (QED) is 0.655. The molecule has 0 saturated carbocycles. The van der Waals surface area contributed by atoms with Gasteiger partial charge in [0, 0.05) is 16.5 Å². The van der Waals surface area contributed by atoms with Crippen molar-refractivity contribution in [1.29, 1.82) is 0 Å². The SMILES string of the molecule is CC(=O)c1ccccc1NC(=O)[C@H](C)Sc1ccc(F)cc1F. The van der Waals surface area contributed by atoms with E-state index in [2.05, 4.69) is 5.32 Å². The Balaban J connectivity index is 2.10. The van der Waals surface area contributed by atoms with Crippen molar-refractivity contribution in [3.8, 4) is 0 Å². The van der Waals surface area contributed by atoms with Crippen LogP contribution in [0.3, 0.4) is 0 Å². The lowest BCUT2D eigenvalue weighted by atomic mass is 10.1. The molecule has 0 spiro atoms. The van der Waals surface area contributed by atoms with E-state index in [1.807, 2.05) is 0 Å². The highest BCUT2D eigenvalue weighted by molar-refractivity contribution is 8.00. The second-order valence-corrected chi connectivity index (χ2v) is 6.31. The third-order valence-corrected chi connectivity index (χ3v) is 4.28. The van der Waals surface area contributed by atoms with Gasteiger partial charge in [0.1, 0.15) is 11.6 Å². The van der Waals surface area contributed by atoms with Gasteiger partial charge in [-0.25, -0.2) is 8.78 Å². The largest absolute Gasteiger partial charge is 0.324 e. The smallest absolute Gasteiger partial charge is 0.237 e. The summed E-state index contributed by atoms with van der Waals surface area (Å²) < 4.78 is 26.5. The fraction of sp³-hybridized carbons (Fsp3) is 0.176. The predicted molar refractivity (Wildman–Crippen MR) is 86.8 cm³/mol. The monoisotopic (exact) mass is 335 g/mol. The van der Waals surface area contributed by atoms with Crippen LogP contribution in [0.25, 0.3) is 0 Å². The fourth-order valence-electron chi connectivity index (χ4n) is 1.95. The van der Waals surface area contributed by atoms with Gasteiger partial charge in [-0.15, -0.1) is 11.8 Å². The third kappa shape index (κ3) is 4.39. The number of benzene rings is 2. The molecule has 2 rings (SSSR count). The van der Waals surface area contributed by atoms with Gasteiger partial charge in [-0.05, 0) is 38.1 Å². The summed E-state index contributed by atoms with van der Waals surface area (Å²) in [6, 6.07) is 9.87. The van der Waals surface area contributed by atoms with Crippen molar-refractivity contribution < 1.29 is 18.4 Å². The molecule has 23 heavy (non-hydrogen) atoms. The van der Waals surface area contributed by atoms with Crippen molar-refractivity contribution in [3.63, 3.8) is 0 Å². The highest BCUT2D eigenvalue weighted by Gasteiger charge is 2.18. The first-order valence-corrected chi connectivity index (χ1v) is 7.79. The molecule has 0 saturated heterocycles. The van der Waals surface area contributed by atoms with E-state index >= 15 is 0 Å². The number of carbonyl (C=O) groups excluding carboxylic acids is 2. The minimum atomic E-state index is -0.709. The minimum absolute atomic E-state index is 0.161. The number of hydrogen-bond donors (Lipinski definition) is 1. The maximum atomic E-state index is 13.6. The first kappa shape index (κ1) is 17.1. The molecule has 0 unspecified atom stereocenters. The van der Waals surface area contributed by atoms with E-state index in [4.69, 9.17) is 0 Å². The normalized spacial score (nSPS) is 11.8. The number of halogens is 2. The van der Waals surface area contributed by atoms with Crippen LogP contribution < -0.4 is 5.32 Å². The summed E-state index contributed by atoms with van der Waals surface area (Å²) in [5.74, 6) is -1.91. The van der Waals surface area contributed by atoms with Crippen LogP contribution in [0.2, 0.25) is 0 Å². The lowest BCUT2D eigenvalue weighted by molar-refractivity contribution is -0.115. The molecule has 0 aliphatic carbocycles. The third-order valence-electron chi connectivity index (χ3n) is 3.13. The Bertz CT molecular complexity index is 749. The summed E-state index contributed by atoms with van der Waals surface area (Å²) in [5.41, 5.74) is 0.822. The summed E-state index contributed by atoms with van der Waals surface area (Å²) in [6.45, 7) is 3.02. The maximum Gasteiger partial charge on any atom is 0.237 e. The zero-order valence-electron chi connectivity index (χ0n) is 12.6. The van der Waals surface area contributed by atoms with Crippen molar-refractivity contribution >= 4 is 29.1 Å². The van der Waals surface area contributed by atoms with E-state index in [-0.39, 0.29) is 16.6 Å². The van der Waals surface area contributed by atoms with Gasteiger partial charge in [0.2, 0.25) is 5.91 Å². The number of rotatable bonds is 5. The standard InChI is InChI=1S/C17H15F2NO2S/c1-10(21)13-5-3-4-6-15(13)20-17(22)11(2)23-16-8-7-12(18)9-14(16)19/h3-9,11H,1-2H3,(H,20,22)/t11-/m0/s1. The van der Waals surface area contributed by atoms with Crippen molar-refractivity contribution in [2.45, 2.75) is 24.0 Å². The number of carbonyl (C=O) groups is 2. The molecule has 0 bridgehead atoms. The lowest BCUT2D eigenvalue weighted by Crippen LogP contribution is -2.23. The number of amides is 1. The van der Waals surface area contributed by atoms with Crippen LogP contribution in [0.5, 0.6) is 0 Å². The number of Topliss-reactive ketones (excluding diaryl/α,β-unsaturated/α-hetero) is 1. The molecule has 0 aromatic heterocycles. The summed E-state index contributed by atoms with van der Waals surface area (Å²) in [7, 11) is 0. The fourth-order valence-corrected chi connectivity index (χ4v) is 2.81. The number of nitrogens with one attached hydrogen (secondary N) is 1. The van der Waals surface area contributed by atoms with Crippen LogP contribution in [0, 0.1) is 11.6 Å². The van der Waals surface area contributed by atoms with E-state index in [1.54, 1.807) is 31.2 Å². The van der Waals surface area contributed by atoms with E-state index in [9.17, 15) is 18.4 Å². The van der Waals surface area contributed by atoms with E-state index in [1.165, 1.54) is 13.0 Å². The lowest BCUT2D eigenvalue weighted by Gasteiger charge is -2.14. The molecule has 1 atom stereocenters. The van der Waals surface area contributed by atoms with Gasteiger partial charge in [0.15, 0.2) is 5.78 Å². The second kappa shape index (κ2) is 7.37. The van der Waals surface area contributed by atoms with Crippen molar-refractivity contribution in [3.05, 3.63) is 59.7 Å². The van der Waals surface area contributed by atoms with E-state index in [0.717, 1.165) is 23.9 Å². The number of para-hydroxylation sites is 1. The highest BCUT2D eigenvalue weighted by atomic mass is 32.2. The van der Waals surface area contributed by atoms with Gasteiger partial charge in [-0.3, -0.25) is 9.59 Å². The summed E-state index contributed by atoms with van der Waals surface area (Å²) in [6.07, 6.45) is 0. The minimum Gasteiger partial charge on any atom is -0.324 e. The second-order valence-electron chi connectivity index (χ2n) is 4.93. The van der Waals surface area contributed by atoms with Crippen molar-refractivity contribution in [1.82, 2.24) is 0 Å². The average Bonchev–Trinajstić information content (AvgIpc) is 2.50. The number of thioether (sulfide) groups is 1. The van der Waals surface area contributed by atoms with Crippen molar-refractivity contribution in [2.75, 3.05) is 5.32 Å². The molecule has 1 amide bonds. The zero-order chi connectivity index (χ0) is 17.0. The number of anilines is 1. The Morgan fingerprint density at radius 3 is 2.48 bits per heavy atom. The number of hydrogen-bond acceptors (Lipinski definition) is 3. The van der Waals surface area contributed by atoms with Gasteiger partial charge >= 0.3 is 0 Å². The Morgan fingerprint density at radius 2 is 1.83 bits per heavy atom. The molecular formula is C17H15F2NO2S. The number of ketones is 1. The molecule has 2 aromatic carbocycles. The molecule has 3 nitrogen and oxygen atoms in total. The van der Waals surface area contributed by atoms with Crippen LogP contribution in [0.4, 0.5) is 14.5 Å². The molecule has 0 fully saturated rings. The summed E-state index contributed by atoms with van der Waals surface area (Å²) in [5, 5.41) is 2.05. The summed E-state index contributed by atoms with van der Waals surface area (Å²) >= 11 is 0.982. The van der Waals surface area contributed by atoms with Gasteiger partial charge < -0.3 is 5.32 Å². The predicted octanol–water partition coefficient (Wildman–Crippen LogP) is 4.29. The first-order chi connectivity index (χ1) is 10.9. The summed E-state index contributed by atoms with van der Waals surface area (Å²) in [4.78, 5) is 24.0. The first-order valence-electron chi connectivity index (χ1n) is 6.91. The zero-order valence-corrected chi connectivity index (χ0v) is 13.4. The van der Waals surface area contributed by atoms with Gasteiger partial charge in [-0.1, -0.05) is 12.1 Å². The Kier molecular flexibility index (Phi) is 5.50. The topological polar surface area (TPSA) is 46.2 Å². The van der Waals surface area contributed by atoms with E-state index in [0.29, 0.717) is 11.3 Å². The Hall–Kier alpha value is -2.21. The molecule has 6 heteroatoms. The van der Waals surface area contributed by atoms with E-state index < -0.39 is 16.9 Å². The molecule has 0 heterocycles. The van der Waals surface area contributed by atoms with Crippen molar-refractivity contribution in [2.24, 2.45) is 0 Å². The van der Waals surface area contributed by atoms with Gasteiger partial charge in [0.05, 0.1) is 10.9 Å². The van der Waals surface area contributed by atoms with Gasteiger partial charge in [0.25, 0.3) is 0 Å². The van der Waals surface area contributed by atoms with Gasteiger partial charge in [-0.2, -0.15) is 0 Å². The molecule has 0 aliphatic heterocycles. The molecule has 0 radical (unpaired) electrons. The molecular weight excluding hydrogens is 320 g/mol. The van der Waals surface area contributed by atoms with Crippen LogP contribution in [-0.4, -0.2) is 16.9 Å².